The van der Waals surface area contributed by atoms with Gasteiger partial charge in [-0.25, -0.2) is 13.1 Å². The lowest BCUT2D eigenvalue weighted by Gasteiger charge is -2.40. The highest BCUT2D eigenvalue weighted by molar-refractivity contribution is 7.89. The number of amides is 1. The van der Waals surface area contributed by atoms with Gasteiger partial charge in [-0.1, -0.05) is 6.42 Å². The monoisotopic (exact) mass is 368 g/mol. The first-order valence-corrected chi connectivity index (χ1v) is 9.80. The fourth-order valence-electron chi connectivity index (χ4n) is 3.25. The molecule has 0 radical (unpaired) electrons. The van der Waals surface area contributed by atoms with Crippen molar-refractivity contribution in [2.24, 2.45) is 5.41 Å². The second-order valence-corrected chi connectivity index (χ2v) is 9.21. The molecule has 8 heteroatoms. The van der Waals surface area contributed by atoms with Crippen molar-refractivity contribution in [3.05, 3.63) is 18.2 Å². The Morgan fingerprint density at radius 2 is 2.00 bits per heavy atom. The van der Waals surface area contributed by atoms with E-state index in [1.54, 1.807) is 27.0 Å². The zero-order chi connectivity index (χ0) is 18.5. The van der Waals surface area contributed by atoms with Crippen molar-refractivity contribution >= 4 is 21.6 Å². The van der Waals surface area contributed by atoms with E-state index in [1.165, 1.54) is 17.0 Å². The SMILES string of the molecule is CN1C(=O)C(C)(C)Oc2cc(S(=O)(=O)NCC3(CO)CCC3)ccc21. The number of ether oxygens (including phenoxy) is 1. The van der Waals surface area contributed by atoms with E-state index in [4.69, 9.17) is 4.74 Å². The first kappa shape index (κ1) is 18.2. The molecule has 1 fully saturated rings. The summed E-state index contributed by atoms with van der Waals surface area (Å²) in [6.07, 6.45) is 2.64. The summed E-state index contributed by atoms with van der Waals surface area (Å²) in [6, 6.07) is 4.47. The number of likely N-dealkylation sites (N-methyl/N-ethyl adjacent to an activating group) is 1. The Kier molecular flexibility index (Phi) is 4.33. The van der Waals surface area contributed by atoms with Gasteiger partial charge in [-0.2, -0.15) is 0 Å². The van der Waals surface area contributed by atoms with Gasteiger partial charge >= 0.3 is 0 Å². The molecule has 0 atom stereocenters. The Balaban J connectivity index is 1.85. The molecular weight excluding hydrogens is 344 g/mol. The molecular formula is C17H24N2O5S. The molecule has 0 saturated heterocycles. The third-order valence-electron chi connectivity index (χ3n) is 5.17. The first-order valence-electron chi connectivity index (χ1n) is 8.32. The van der Waals surface area contributed by atoms with Crippen LogP contribution in [0.4, 0.5) is 5.69 Å². The minimum Gasteiger partial charge on any atom is -0.476 e. The summed E-state index contributed by atoms with van der Waals surface area (Å²) in [5.41, 5.74) is -0.856. The largest absolute Gasteiger partial charge is 0.476 e. The zero-order valence-electron chi connectivity index (χ0n) is 14.7. The summed E-state index contributed by atoms with van der Waals surface area (Å²) in [7, 11) is -2.09. The number of fused-ring (bicyclic) bond motifs is 1. The maximum absolute atomic E-state index is 12.6. The quantitative estimate of drug-likeness (QED) is 0.816. The van der Waals surface area contributed by atoms with Gasteiger partial charge in [-0.05, 0) is 38.8 Å². The lowest BCUT2D eigenvalue weighted by molar-refractivity contribution is -0.132. The lowest BCUT2D eigenvalue weighted by atomic mass is 9.69. The second kappa shape index (κ2) is 5.96. The Morgan fingerprint density at radius 1 is 1.32 bits per heavy atom. The van der Waals surface area contributed by atoms with Gasteiger partial charge < -0.3 is 14.7 Å². The number of hydrogen-bond donors (Lipinski definition) is 2. The number of carbonyl (C=O) groups is 1. The number of aliphatic hydroxyl groups is 1. The van der Waals surface area contributed by atoms with Crippen LogP contribution >= 0.6 is 0 Å². The molecule has 1 saturated carbocycles. The van der Waals surface area contributed by atoms with Crippen LogP contribution in [-0.4, -0.2) is 45.2 Å². The van der Waals surface area contributed by atoms with Crippen molar-refractivity contribution in [2.45, 2.75) is 43.6 Å². The number of nitrogens with zero attached hydrogens (tertiary/aromatic N) is 1. The van der Waals surface area contributed by atoms with Gasteiger partial charge in [0.2, 0.25) is 10.0 Å². The van der Waals surface area contributed by atoms with Crippen molar-refractivity contribution in [1.29, 1.82) is 0 Å². The van der Waals surface area contributed by atoms with Crippen LogP contribution in [0.25, 0.3) is 0 Å². The standard InChI is InChI=1S/C17H24N2O5S/c1-16(2)15(21)19(3)13-6-5-12(9-14(13)24-16)25(22,23)18-10-17(11-20)7-4-8-17/h5-6,9,18,20H,4,7-8,10-11H2,1-3H3. The van der Waals surface area contributed by atoms with E-state index in [9.17, 15) is 18.3 Å². The fourth-order valence-corrected chi connectivity index (χ4v) is 4.42. The van der Waals surface area contributed by atoms with E-state index < -0.39 is 15.6 Å². The number of aliphatic hydroxyl groups excluding tert-OH is 1. The van der Waals surface area contributed by atoms with Gasteiger partial charge in [0.05, 0.1) is 10.6 Å². The van der Waals surface area contributed by atoms with E-state index in [-0.39, 0.29) is 29.4 Å². The second-order valence-electron chi connectivity index (χ2n) is 7.44. The highest BCUT2D eigenvalue weighted by atomic mass is 32.2. The highest BCUT2D eigenvalue weighted by Crippen LogP contribution is 2.41. The Morgan fingerprint density at radius 3 is 2.56 bits per heavy atom. The Bertz CT molecular complexity index is 794. The number of benzene rings is 1. The topological polar surface area (TPSA) is 95.9 Å². The van der Waals surface area contributed by atoms with Crippen LogP contribution in [0.2, 0.25) is 0 Å². The molecule has 1 aliphatic carbocycles. The van der Waals surface area contributed by atoms with Gasteiger partial charge in [-0.3, -0.25) is 4.79 Å². The Labute approximate surface area is 148 Å². The number of hydrogen-bond acceptors (Lipinski definition) is 5. The highest BCUT2D eigenvalue weighted by Gasteiger charge is 2.40. The third kappa shape index (κ3) is 3.14. The average Bonchev–Trinajstić information content (AvgIpc) is 2.51. The van der Waals surface area contributed by atoms with Crippen molar-refractivity contribution in [1.82, 2.24) is 4.72 Å². The zero-order valence-corrected chi connectivity index (χ0v) is 15.5. The number of rotatable bonds is 5. The van der Waals surface area contributed by atoms with Crippen LogP contribution in [-0.2, 0) is 14.8 Å². The summed E-state index contributed by atoms with van der Waals surface area (Å²) >= 11 is 0. The number of sulfonamides is 1. The van der Waals surface area contributed by atoms with Crippen molar-refractivity contribution < 1.29 is 23.1 Å². The molecule has 138 valence electrons. The molecule has 0 bridgehead atoms. The van der Waals surface area contributed by atoms with Gasteiger partial charge in [0, 0.05) is 31.7 Å². The van der Waals surface area contributed by atoms with Gasteiger partial charge in [0.1, 0.15) is 5.75 Å². The van der Waals surface area contributed by atoms with Crippen LogP contribution in [0, 0.1) is 5.41 Å². The van der Waals surface area contributed by atoms with Gasteiger partial charge in [-0.15, -0.1) is 0 Å². The van der Waals surface area contributed by atoms with Crippen LogP contribution in [0.5, 0.6) is 5.75 Å². The van der Waals surface area contributed by atoms with Crippen LogP contribution in [0.15, 0.2) is 23.1 Å². The van der Waals surface area contributed by atoms with Gasteiger partial charge in [0.15, 0.2) is 5.60 Å². The van der Waals surface area contributed by atoms with E-state index in [2.05, 4.69) is 4.72 Å². The normalized spacial score (nSPS) is 21.3. The van der Waals surface area contributed by atoms with Crippen molar-refractivity contribution in [2.75, 3.05) is 25.1 Å². The molecule has 2 aliphatic rings. The third-order valence-corrected chi connectivity index (χ3v) is 6.57. The maximum atomic E-state index is 12.6. The fraction of sp³-hybridized carbons (Fsp3) is 0.588. The molecule has 1 heterocycles. The van der Waals surface area contributed by atoms with Crippen LogP contribution in [0.3, 0.4) is 0 Å². The summed E-state index contributed by atoms with van der Waals surface area (Å²) in [5, 5.41) is 9.48. The molecule has 0 aromatic heterocycles. The molecule has 7 nitrogen and oxygen atoms in total. The molecule has 3 rings (SSSR count). The van der Waals surface area contributed by atoms with E-state index in [1.807, 2.05) is 0 Å². The van der Waals surface area contributed by atoms with E-state index in [0.29, 0.717) is 11.4 Å². The summed E-state index contributed by atoms with van der Waals surface area (Å²) in [6.45, 7) is 3.49. The molecule has 1 amide bonds. The van der Waals surface area contributed by atoms with E-state index in [0.717, 1.165) is 19.3 Å². The summed E-state index contributed by atoms with van der Waals surface area (Å²) in [5.74, 6) is 0.166. The van der Waals surface area contributed by atoms with Crippen LogP contribution < -0.4 is 14.4 Å². The number of carbonyl (C=O) groups excluding carboxylic acids is 1. The predicted molar refractivity (Wildman–Crippen MR) is 93.1 cm³/mol. The average molecular weight is 368 g/mol. The minimum atomic E-state index is -3.73. The molecule has 2 N–H and O–H groups in total. The maximum Gasteiger partial charge on any atom is 0.270 e. The first-order chi connectivity index (χ1) is 11.6. The Hall–Kier alpha value is -1.64. The summed E-state index contributed by atoms with van der Waals surface area (Å²) < 4.78 is 33.5. The lowest BCUT2D eigenvalue weighted by Crippen LogP contribution is -2.51. The minimum absolute atomic E-state index is 0.0239. The molecule has 0 spiro atoms. The molecule has 1 aliphatic heterocycles. The molecule has 25 heavy (non-hydrogen) atoms. The number of nitrogens with one attached hydrogen (secondary N) is 1. The predicted octanol–water partition coefficient (Wildman–Crippen LogP) is 1.26. The smallest absolute Gasteiger partial charge is 0.270 e. The van der Waals surface area contributed by atoms with Crippen molar-refractivity contribution in [3.8, 4) is 5.75 Å². The molecule has 1 aromatic carbocycles. The molecule has 1 aromatic rings. The van der Waals surface area contributed by atoms with E-state index >= 15 is 0 Å². The van der Waals surface area contributed by atoms with Gasteiger partial charge in [0.25, 0.3) is 5.91 Å². The van der Waals surface area contributed by atoms with Crippen LogP contribution in [0.1, 0.15) is 33.1 Å². The summed E-state index contributed by atoms with van der Waals surface area (Å²) in [4.78, 5) is 13.8. The van der Waals surface area contributed by atoms with Crippen molar-refractivity contribution in [3.63, 3.8) is 0 Å². The molecule has 0 unspecified atom stereocenters. The number of anilines is 1.